The zero-order valence-electron chi connectivity index (χ0n) is 18.7. The molecule has 1 aliphatic rings. The maximum absolute atomic E-state index is 13.8. The number of carbonyl (C=O) groups is 1. The molecule has 6 nitrogen and oxygen atoms in total. The SMILES string of the molecule is CN1CCN(S(=O)(=O)c2cccc(C(=O)c3c(-c4ccc(Cl)cc4)cc4ccccn34)c2)CC1. The first-order chi connectivity index (χ1) is 16.3. The van der Waals surface area contributed by atoms with Gasteiger partial charge in [-0.3, -0.25) is 4.79 Å². The highest BCUT2D eigenvalue weighted by atomic mass is 35.5. The van der Waals surface area contributed by atoms with Gasteiger partial charge >= 0.3 is 0 Å². The summed E-state index contributed by atoms with van der Waals surface area (Å²) in [6.45, 7) is 2.22. The van der Waals surface area contributed by atoms with Crippen molar-refractivity contribution in [2.45, 2.75) is 4.90 Å². The molecule has 1 fully saturated rings. The van der Waals surface area contributed by atoms with Crippen LogP contribution in [0, 0.1) is 0 Å². The predicted octanol–water partition coefficient (Wildman–Crippen LogP) is 4.43. The molecular formula is C26H24ClN3O3S. The normalized spacial score (nSPS) is 15.6. The summed E-state index contributed by atoms with van der Waals surface area (Å²) in [6.07, 6.45) is 1.84. The third kappa shape index (κ3) is 4.16. The Morgan fingerprint density at radius 3 is 2.35 bits per heavy atom. The van der Waals surface area contributed by atoms with Crippen molar-refractivity contribution in [1.82, 2.24) is 13.6 Å². The number of rotatable bonds is 5. The van der Waals surface area contributed by atoms with E-state index in [2.05, 4.69) is 4.90 Å². The number of aromatic nitrogens is 1. The van der Waals surface area contributed by atoms with Crippen LogP contribution in [0.4, 0.5) is 0 Å². The van der Waals surface area contributed by atoms with E-state index in [-0.39, 0.29) is 10.7 Å². The Morgan fingerprint density at radius 2 is 1.62 bits per heavy atom. The van der Waals surface area contributed by atoms with Crippen LogP contribution in [0.25, 0.3) is 16.6 Å². The van der Waals surface area contributed by atoms with Gasteiger partial charge < -0.3 is 9.30 Å². The van der Waals surface area contributed by atoms with Gasteiger partial charge in [0.15, 0.2) is 0 Å². The van der Waals surface area contributed by atoms with Crippen LogP contribution >= 0.6 is 11.6 Å². The van der Waals surface area contributed by atoms with Crippen molar-refractivity contribution in [2.75, 3.05) is 33.2 Å². The number of piperazine rings is 1. The molecular weight excluding hydrogens is 470 g/mol. The standard InChI is InChI=1S/C26H24ClN3O3S/c1-28-13-15-29(16-14-28)34(32,33)23-7-4-5-20(17-23)26(31)25-24(19-8-10-21(27)11-9-19)18-22-6-2-3-12-30(22)25/h2-12,17-18H,13-16H2,1H3. The third-order valence-electron chi connectivity index (χ3n) is 6.25. The number of likely N-dealkylation sites (N-methyl/N-ethyl adjacent to an activating group) is 1. The minimum Gasteiger partial charge on any atom is -0.313 e. The van der Waals surface area contributed by atoms with Gasteiger partial charge in [0.1, 0.15) is 5.69 Å². The first-order valence-corrected chi connectivity index (χ1v) is 12.9. The molecule has 8 heteroatoms. The molecule has 0 unspecified atom stereocenters. The largest absolute Gasteiger partial charge is 0.313 e. The second kappa shape index (κ2) is 9.00. The maximum Gasteiger partial charge on any atom is 0.243 e. The van der Waals surface area contributed by atoms with Crippen LogP contribution in [-0.2, 0) is 10.0 Å². The van der Waals surface area contributed by atoms with E-state index in [0.29, 0.717) is 42.5 Å². The molecule has 1 aliphatic heterocycles. The van der Waals surface area contributed by atoms with Gasteiger partial charge in [-0.15, -0.1) is 0 Å². The molecule has 3 heterocycles. The number of fused-ring (bicyclic) bond motifs is 1. The number of nitrogens with zero attached hydrogens (tertiary/aromatic N) is 3. The van der Waals surface area contributed by atoms with Crippen molar-refractivity contribution in [2.24, 2.45) is 0 Å². The Balaban J connectivity index is 1.58. The highest BCUT2D eigenvalue weighted by Gasteiger charge is 2.28. The van der Waals surface area contributed by atoms with Crippen LogP contribution in [0.3, 0.4) is 0 Å². The van der Waals surface area contributed by atoms with Crippen LogP contribution < -0.4 is 0 Å². The van der Waals surface area contributed by atoms with E-state index in [1.807, 2.05) is 54.0 Å². The average Bonchev–Trinajstić information content (AvgIpc) is 3.24. The summed E-state index contributed by atoms with van der Waals surface area (Å²) in [5.74, 6) is -0.244. The number of pyridine rings is 1. The van der Waals surface area contributed by atoms with Gasteiger partial charge in [0.25, 0.3) is 0 Å². The Kier molecular flexibility index (Phi) is 6.04. The number of hydrogen-bond acceptors (Lipinski definition) is 4. The lowest BCUT2D eigenvalue weighted by atomic mass is 10.0. The molecule has 5 rings (SSSR count). The molecule has 0 bridgehead atoms. The van der Waals surface area contributed by atoms with Crippen molar-refractivity contribution >= 4 is 32.9 Å². The molecule has 34 heavy (non-hydrogen) atoms. The van der Waals surface area contributed by atoms with Gasteiger partial charge in [-0.05, 0) is 55.1 Å². The van der Waals surface area contributed by atoms with E-state index >= 15 is 0 Å². The summed E-state index contributed by atoms with van der Waals surface area (Å²) in [5, 5.41) is 0.613. The number of ketones is 1. The summed E-state index contributed by atoms with van der Waals surface area (Å²) >= 11 is 6.07. The van der Waals surface area contributed by atoms with Crippen LogP contribution in [0.15, 0.2) is 83.9 Å². The van der Waals surface area contributed by atoms with E-state index in [1.165, 1.54) is 10.4 Å². The molecule has 0 N–H and O–H groups in total. The maximum atomic E-state index is 13.8. The van der Waals surface area contributed by atoms with Crippen molar-refractivity contribution in [1.29, 1.82) is 0 Å². The summed E-state index contributed by atoms with van der Waals surface area (Å²) < 4.78 is 29.9. The monoisotopic (exact) mass is 493 g/mol. The van der Waals surface area contributed by atoms with Gasteiger partial charge in [-0.1, -0.05) is 41.9 Å². The Bertz CT molecular complexity index is 1470. The van der Waals surface area contributed by atoms with Crippen molar-refractivity contribution in [3.05, 3.63) is 95.3 Å². The number of hydrogen-bond donors (Lipinski definition) is 0. The molecule has 2 aromatic heterocycles. The minimum atomic E-state index is -3.69. The van der Waals surface area contributed by atoms with Crippen LogP contribution in [-0.4, -0.2) is 61.0 Å². The smallest absolute Gasteiger partial charge is 0.243 e. The van der Waals surface area contributed by atoms with Crippen LogP contribution in [0.2, 0.25) is 5.02 Å². The fourth-order valence-electron chi connectivity index (χ4n) is 4.32. The average molecular weight is 494 g/mol. The highest BCUT2D eigenvalue weighted by molar-refractivity contribution is 7.89. The third-order valence-corrected chi connectivity index (χ3v) is 8.39. The van der Waals surface area contributed by atoms with E-state index in [1.54, 1.807) is 30.3 Å². The summed E-state index contributed by atoms with van der Waals surface area (Å²) in [4.78, 5) is 16.1. The lowest BCUT2D eigenvalue weighted by Crippen LogP contribution is -2.47. The molecule has 1 saturated heterocycles. The van der Waals surface area contributed by atoms with Gasteiger partial charge in [0, 0.05) is 54.0 Å². The van der Waals surface area contributed by atoms with Crippen molar-refractivity contribution in [3.8, 4) is 11.1 Å². The fourth-order valence-corrected chi connectivity index (χ4v) is 5.91. The molecule has 0 saturated carbocycles. The van der Waals surface area contributed by atoms with E-state index < -0.39 is 10.0 Å². The van der Waals surface area contributed by atoms with Crippen molar-refractivity contribution < 1.29 is 13.2 Å². The minimum absolute atomic E-state index is 0.136. The highest BCUT2D eigenvalue weighted by Crippen LogP contribution is 2.31. The Labute approximate surface area is 204 Å². The Hall–Kier alpha value is -2.97. The summed E-state index contributed by atoms with van der Waals surface area (Å²) in [6, 6.07) is 21.4. The summed E-state index contributed by atoms with van der Waals surface area (Å²) in [5.41, 5.74) is 3.30. The first-order valence-electron chi connectivity index (χ1n) is 11.0. The number of halogens is 1. The second-order valence-electron chi connectivity index (χ2n) is 8.47. The summed E-state index contributed by atoms with van der Waals surface area (Å²) in [7, 11) is -1.71. The van der Waals surface area contributed by atoms with E-state index in [9.17, 15) is 13.2 Å². The molecule has 0 spiro atoms. The Morgan fingerprint density at radius 1 is 0.882 bits per heavy atom. The molecule has 0 radical (unpaired) electrons. The first kappa shape index (κ1) is 22.8. The molecule has 0 amide bonds. The second-order valence-corrected chi connectivity index (χ2v) is 10.8. The van der Waals surface area contributed by atoms with Crippen LogP contribution in [0.1, 0.15) is 16.1 Å². The number of sulfonamides is 1. The zero-order valence-corrected chi connectivity index (χ0v) is 20.3. The lowest BCUT2D eigenvalue weighted by Gasteiger charge is -2.31. The van der Waals surface area contributed by atoms with Crippen molar-refractivity contribution in [3.63, 3.8) is 0 Å². The fraction of sp³-hybridized carbons (Fsp3) is 0.192. The molecule has 2 aromatic carbocycles. The van der Waals surface area contributed by atoms with Gasteiger partial charge in [0.2, 0.25) is 15.8 Å². The van der Waals surface area contributed by atoms with Gasteiger partial charge in [-0.2, -0.15) is 4.31 Å². The molecule has 0 atom stereocenters. The number of carbonyl (C=O) groups excluding carboxylic acids is 1. The molecule has 174 valence electrons. The topological polar surface area (TPSA) is 62.1 Å². The number of benzene rings is 2. The quantitative estimate of drug-likeness (QED) is 0.386. The van der Waals surface area contributed by atoms with Gasteiger partial charge in [-0.25, -0.2) is 8.42 Å². The predicted molar refractivity (Wildman–Crippen MR) is 134 cm³/mol. The molecule has 4 aromatic rings. The van der Waals surface area contributed by atoms with Gasteiger partial charge in [0.05, 0.1) is 4.90 Å². The van der Waals surface area contributed by atoms with Crippen LogP contribution in [0.5, 0.6) is 0 Å². The van der Waals surface area contributed by atoms with E-state index in [4.69, 9.17) is 11.6 Å². The van der Waals surface area contributed by atoms with E-state index in [0.717, 1.165) is 16.6 Å². The zero-order chi connectivity index (χ0) is 23.9. The lowest BCUT2D eigenvalue weighted by molar-refractivity contribution is 0.103. The molecule has 0 aliphatic carbocycles.